The maximum atomic E-state index is 11.6. The molecule has 1 aromatic carbocycles. The molecule has 2 rings (SSSR count). The fourth-order valence-corrected chi connectivity index (χ4v) is 1.54. The molecule has 0 bridgehead atoms. The monoisotopic (exact) mass is 245 g/mol. The third-order valence-electron chi connectivity index (χ3n) is 2.45. The van der Waals surface area contributed by atoms with Crippen molar-refractivity contribution in [3.8, 4) is 0 Å². The zero-order valence-electron chi connectivity index (χ0n) is 9.38. The second kappa shape index (κ2) is 5.13. The van der Waals surface area contributed by atoms with E-state index >= 15 is 0 Å². The molecule has 0 aliphatic rings. The number of amides is 1. The molecule has 3 N–H and O–H groups in total. The molecule has 6 nitrogen and oxygen atoms in total. The average Bonchev–Trinajstić information content (AvgIpc) is 2.90. The summed E-state index contributed by atoms with van der Waals surface area (Å²) < 4.78 is 0. The number of aromatic nitrogens is 2. The molecule has 6 heteroatoms. The van der Waals surface area contributed by atoms with Crippen molar-refractivity contribution >= 4 is 11.9 Å². The summed E-state index contributed by atoms with van der Waals surface area (Å²) in [5, 5.41) is 17.8. The molecule has 0 aliphatic heterocycles. The van der Waals surface area contributed by atoms with Gasteiger partial charge in [-0.1, -0.05) is 18.2 Å². The minimum Gasteiger partial charge on any atom is -0.478 e. The molecule has 1 aromatic heterocycles. The number of aromatic carboxylic acids is 1. The smallest absolute Gasteiger partial charge is 0.336 e. The van der Waals surface area contributed by atoms with E-state index in [1.807, 2.05) is 0 Å². The maximum Gasteiger partial charge on any atom is 0.336 e. The number of hydrogen-bond acceptors (Lipinski definition) is 3. The molecule has 0 unspecified atom stereocenters. The van der Waals surface area contributed by atoms with Gasteiger partial charge in [-0.05, 0) is 11.6 Å². The van der Waals surface area contributed by atoms with Crippen LogP contribution in [-0.4, -0.2) is 27.2 Å². The molecule has 0 spiro atoms. The zero-order valence-corrected chi connectivity index (χ0v) is 9.38. The van der Waals surface area contributed by atoms with Gasteiger partial charge in [0.2, 0.25) is 0 Å². The van der Waals surface area contributed by atoms with Gasteiger partial charge in [-0.25, -0.2) is 4.79 Å². The number of hydrogen-bond donors (Lipinski definition) is 3. The lowest BCUT2D eigenvalue weighted by Gasteiger charge is -2.06. The van der Waals surface area contributed by atoms with Gasteiger partial charge in [-0.2, -0.15) is 5.10 Å². The lowest BCUT2D eigenvalue weighted by molar-refractivity contribution is 0.0694. The number of carboxylic acid groups (broad SMARTS) is 1. The standard InChI is InChI=1S/C12H11N3O3/c16-11(9-6-14-15-7-9)13-5-8-3-1-2-4-10(8)12(17)18/h1-4,6-7H,5H2,(H,13,16)(H,14,15)(H,17,18). The molecule has 18 heavy (non-hydrogen) atoms. The van der Waals surface area contributed by atoms with Crippen LogP contribution in [0, 0.1) is 0 Å². The first kappa shape index (κ1) is 11.8. The minimum atomic E-state index is -1.01. The Morgan fingerprint density at radius 1 is 1.33 bits per heavy atom. The Labute approximate surface area is 103 Å². The summed E-state index contributed by atoms with van der Waals surface area (Å²) in [6.45, 7) is 0.159. The van der Waals surface area contributed by atoms with E-state index in [0.717, 1.165) is 0 Å². The Hall–Kier alpha value is -2.63. The van der Waals surface area contributed by atoms with Gasteiger partial charge in [0.25, 0.3) is 5.91 Å². The van der Waals surface area contributed by atoms with Crippen LogP contribution in [0.2, 0.25) is 0 Å². The molecule has 92 valence electrons. The number of benzene rings is 1. The SMILES string of the molecule is O=C(NCc1ccccc1C(=O)O)c1cn[nH]c1. The van der Waals surface area contributed by atoms with Crippen LogP contribution in [0.1, 0.15) is 26.3 Å². The minimum absolute atomic E-state index is 0.159. The number of carbonyl (C=O) groups excluding carboxylic acids is 1. The zero-order chi connectivity index (χ0) is 13.0. The molecule has 0 radical (unpaired) electrons. The predicted molar refractivity (Wildman–Crippen MR) is 63.2 cm³/mol. The van der Waals surface area contributed by atoms with E-state index < -0.39 is 5.97 Å². The Bertz CT molecular complexity index is 564. The number of aromatic amines is 1. The first-order chi connectivity index (χ1) is 8.68. The number of carboxylic acids is 1. The third kappa shape index (κ3) is 2.54. The van der Waals surface area contributed by atoms with Crippen molar-refractivity contribution in [3.05, 3.63) is 53.3 Å². The van der Waals surface area contributed by atoms with Crippen molar-refractivity contribution in [1.29, 1.82) is 0 Å². The summed E-state index contributed by atoms with van der Waals surface area (Å²) >= 11 is 0. The summed E-state index contributed by atoms with van der Waals surface area (Å²) in [7, 11) is 0. The van der Waals surface area contributed by atoms with Crippen LogP contribution >= 0.6 is 0 Å². The highest BCUT2D eigenvalue weighted by Gasteiger charge is 2.11. The molecule has 1 amide bonds. The van der Waals surface area contributed by atoms with Crippen molar-refractivity contribution in [2.75, 3.05) is 0 Å². The fourth-order valence-electron chi connectivity index (χ4n) is 1.54. The Kier molecular flexibility index (Phi) is 3.38. The average molecular weight is 245 g/mol. The van der Waals surface area contributed by atoms with Crippen molar-refractivity contribution in [1.82, 2.24) is 15.5 Å². The second-order valence-corrected chi connectivity index (χ2v) is 3.63. The van der Waals surface area contributed by atoms with Crippen LogP contribution in [0.25, 0.3) is 0 Å². The lowest BCUT2D eigenvalue weighted by Crippen LogP contribution is -2.23. The summed E-state index contributed by atoms with van der Waals surface area (Å²) in [5.74, 6) is -1.31. The molecule has 0 saturated heterocycles. The van der Waals surface area contributed by atoms with Gasteiger partial charge in [0.05, 0.1) is 17.3 Å². The van der Waals surface area contributed by atoms with Gasteiger partial charge in [-0.15, -0.1) is 0 Å². The van der Waals surface area contributed by atoms with E-state index in [1.165, 1.54) is 18.5 Å². The van der Waals surface area contributed by atoms with E-state index in [4.69, 9.17) is 5.11 Å². The van der Waals surface area contributed by atoms with Crippen LogP contribution in [-0.2, 0) is 6.54 Å². The number of H-pyrrole nitrogens is 1. The van der Waals surface area contributed by atoms with Crippen LogP contribution in [0.15, 0.2) is 36.7 Å². The van der Waals surface area contributed by atoms with E-state index in [-0.39, 0.29) is 18.0 Å². The van der Waals surface area contributed by atoms with Crippen molar-refractivity contribution < 1.29 is 14.7 Å². The highest BCUT2D eigenvalue weighted by Crippen LogP contribution is 2.08. The molecule has 2 aromatic rings. The van der Waals surface area contributed by atoms with Gasteiger partial charge in [0, 0.05) is 12.7 Å². The van der Waals surface area contributed by atoms with E-state index in [1.54, 1.807) is 18.2 Å². The van der Waals surface area contributed by atoms with Crippen molar-refractivity contribution in [3.63, 3.8) is 0 Å². The van der Waals surface area contributed by atoms with Gasteiger partial charge in [-0.3, -0.25) is 9.89 Å². The van der Waals surface area contributed by atoms with E-state index in [0.29, 0.717) is 11.1 Å². The molecule has 0 fully saturated rings. The summed E-state index contributed by atoms with van der Waals surface area (Å²) in [6, 6.07) is 6.54. The highest BCUT2D eigenvalue weighted by atomic mass is 16.4. The topological polar surface area (TPSA) is 95.1 Å². The molecule has 0 atom stereocenters. The van der Waals surface area contributed by atoms with Gasteiger partial charge in [0.15, 0.2) is 0 Å². The summed E-state index contributed by atoms with van der Waals surface area (Å²) in [5.41, 5.74) is 1.15. The fraction of sp³-hybridized carbons (Fsp3) is 0.0833. The number of nitrogens with one attached hydrogen (secondary N) is 2. The molecular weight excluding hydrogens is 234 g/mol. The normalized spacial score (nSPS) is 10.0. The van der Waals surface area contributed by atoms with Gasteiger partial charge in [0.1, 0.15) is 0 Å². The predicted octanol–water partition coefficient (Wildman–Crippen LogP) is 1.04. The largest absolute Gasteiger partial charge is 0.478 e. The van der Waals surface area contributed by atoms with Gasteiger partial charge < -0.3 is 10.4 Å². The van der Waals surface area contributed by atoms with Crippen LogP contribution in [0.5, 0.6) is 0 Å². The second-order valence-electron chi connectivity index (χ2n) is 3.63. The van der Waals surface area contributed by atoms with Crippen LogP contribution in [0.4, 0.5) is 0 Å². The first-order valence-corrected chi connectivity index (χ1v) is 5.26. The molecule has 1 heterocycles. The quantitative estimate of drug-likeness (QED) is 0.749. The molecule has 0 saturated carbocycles. The number of nitrogens with zero attached hydrogens (tertiary/aromatic N) is 1. The highest BCUT2D eigenvalue weighted by molar-refractivity contribution is 5.94. The van der Waals surface area contributed by atoms with Crippen LogP contribution < -0.4 is 5.32 Å². The summed E-state index contributed by atoms with van der Waals surface area (Å²) in [6.07, 6.45) is 2.87. The molecular formula is C12H11N3O3. The first-order valence-electron chi connectivity index (χ1n) is 5.26. The Morgan fingerprint density at radius 2 is 2.11 bits per heavy atom. The van der Waals surface area contributed by atoms with Crippen molar-refractivity contribution in [2.45, 2.75) is 6.54 Å². The maximum absolute atomic E-state index is 11.6. The lowest BCUT2D eigenvalue weighted by atomic mass is 10.1. The number of carbonyl (C=O) groups is 2. The van der Waals surface area contributed by atoms with E-state index in [2.05, 4.69) is 15.5 Å². The summed E-state index contributed by atoms with van der Waals surface area (Å²) in [4.78, 5) is 22.6. The Morgan fingerprint density at radius 3 is 2.78 bits per heavy atom. The van der Waals surface area contributed by atoms with E-state index in [9.17, 15) is 9.59 Å². The van der Waals surface area contributed by atoms with Gasteiger partial charge >= 0.3 is 5.97 Å². The third-order valence-corrected chi connectivity index (χ3v) is 2.45. The molecule has 0 aliphatic carbocycles. The van der Waals surface area contributed by atoms with Crippen molar-refractivity contribution in [2.24, 2.45) is 0 Å². The Balaban J connectivity index is 2.07. The number of rotatable bonds is 4. The van der Waals surface area contributed by atoms with Crippen LogP contribution in [0.3, 0.4) is 0 Å².